The van der Waals surface area contributed by atoms with E-state index in [1.54, 1.807) is 0 Å². The highest BCUT2D eigenvalue weighted by atomic mass is 16.3. The highest BCUT2D eigenvalue weighted by molar-refractivity contribution is 6.14. The normalized spacial score (nSPS) is 13.7. The van der Waals surface area contributed by atoms with Crippen molar-refractivity contribution in [2.24, 2.45) is 0 Å². The third-order valence-corrected chi connectivity index (χ3v) is 10.4. The van der Waals surface area contributed by atoms with Gasteiger partial charge in [0.2, 0.25) is 0 Å². The second-order valence-corrected chi connectivity index (χ2v) is 12.6. The van der Waals surface area contributed by atoms with Crippen molar-refractivity contribution in [3.63, 3.8) is 0 Å². The number of para-hydroxylation sites is 3. The molecule has 3 heteroatoms. The maximum atomic E-state index is 7.18. The lowest BCUT2D eigenvalue weighted by Crippen LogP contribution is -2.25. The number of hydrogen-bond donors (Lipinski definition) is 0. The molecule has 2 aliphatic carbocycles. The maximum Gasteiger partial charge on any atom is 0.159 e. The number of aromatic nitrogens is 2. The van der Waals surface area contributed by atoms with Crippen LogP contribution in [0.4, 0.5) is 0 Å². The predicted octanol–water partition coefficient (Wildman–Crippen LogP) is 10.9. The topological polar surface area (TPSA) is 31.0 Å². The first-order valence-electron chi connectivity index (χ1n) is 16.2. The Kier molecular flexibility index (Phi) is 4.78. The average molecular weight is 599 g/mol. The average Bonchev–Trinajstić information content (AvgIpc) is 3.87. The Morgan fingerprint density at radius 1 is 0.468 bits per heavy atom. The van der Waals surface area contributed by atoms with E-state index in [0.717, 1.165) is 50.0 Å². The van der Waals surface area contributed by atoms with Crippen LogP contribution in [0.5, 0.6) is 0 Å². The highest BCUT2D eigenvalue weighted by Crippen LogP contribution is 2.64. The molecule has 1 spiro atoms. The first-order valence-corrected chi connectivity index (χ1v) is 16.2. The molecule has 0 N–H and O–H groups in total. The van der Waals surface area contributed by atoms with Gasteiger partial charge in [-0.2, -0.15) is 0 Å². The fraction of sp³-hybridized carbons (Fsp3) is 0.0227. The van der Waals surface area contributed by atoms with Crippen molar-refractivity contribution in [1.29, 1.82) is 0 Å². The lowest BCUT2D eigenvalue weighted by molar-refractivity contribution is 0.666. The van der Waals surface area contributed by atoms with Gasteiger partial charge in [-0.15, -0.1) is 0 Å². The van der Waals surface area contributed by atoms with Crippen molar-refractivity contribution in [3.8, 4) is 39.3 Å². The van der Waals surface area contributed by atoms with Crippen molar-refractivity contribution in [3.05, 3.63) is 180 Å². The molecule has 0 radical (unpaired) electrons. The van der Waals surface area contributed by atoms with Gasteiger partial charge < -0.3 is 4.42 Å². The number of rotatable bonds is 2. The minimum atomic E-state index is -0.407. The molecular formula is C44H26N2O. The number of furan rings is 1. The zero-order valence-electron chi connectivity index (χ0n) is 25.3. The van der Waals surface area contributed by atoms with E-state index >= 15 is 0 Å². The van der Waals surface area contributed by atoms with Crippen LogP contribution < -0.4 is 0 Å². The Balaban J connectivity index is 1.26. The van der Waals surface area contributed by atoms with Gasteiger partial charge >= 0.3 is 0 Å². The van der Waals surface area contributed by atoms with E-state index in [2.05, 4.69) is 150 Å². The van der Waals surface area contributed by atoms with E-state index in [-0.39, 0.29) is 0 Å². The summed E-state index contributed by atoms with van der Waals surface area (Å²) in [4.78, 5) is 5.12. The predicted molar refractivity (Wildman–Crippen MR) is 190 cm³/mol. The standard InChI is InChI=1S/C44H26N2O/c1-2-13-27(14-3-1)43-45-37-22-10-11-23-38(37)46(43)39-24-12-18-30-31-25-26-36-40(42(31)47-41(30)39)32-17-6-9-21-35(32)44(36)33-19-7-4-15-28(33)29-16-5-8-20-34(29)44/h1-26H. The van der Waals surface area contributed by atoms with Crippen LogP contribution in [-0.2, 0) is 5.41 Å². The van der Waals surface area contributed by atoms with Crippen molar-refractivity contribution in [2.75, 3.05) is 0 Å². The Hall–Kier alpha value is -6.19. The summed E-state index contributed by atoms with van der Waals surface area (Å²) in [5.74, 6) is 0.897. The molecule has 7 aromatic carbocycles. The lowest BCUT2D eigenvalue weighted by atomic mass is 9.70. The van der Waals surface area contributed by atoms with Gasteiger partial charge in [-0.25, -0.2) is 4.98 Å². The van der Waals surface area contributed by atoms with Crippen molar-refractivity contribution in [1.82, 2.24) is 9.55 Å². The van der Waals surface area contributed by atoms with Crippen LogP contribution >= 0.6 is 0 Å². The second-order valence-electron chi connectivity index (χ2n) is 12.6. The van der Waals surface area contributed by atoms with E-state index in [0.29, 0.717) is 0 Å². The first-order chi connectivity index (χ1) is 23.3. The van der Waals surface area contributed by atoms with Crippen molar-refractivity contribution in [2.45, 2.75) is 5.41 Å². The zero-order valence-corrected chi connectivity index (χ0v) is 25.3. The van der Waals surface area contributed by atoms with Crippen LogP contribution in [0.25, 0.3) is 72.3 Å². The molecule has 47 heavy (non-hydrogen) atoms. The lowest BCUT2D eigenvalue weighted by Gasteiger charge is -2.30. The summed E-state index contributed by atoms with van der Waals surface area (Å²) in [5, 5.41) is 2.22. The van der Waals surface area contributed by atoms with Crippen LogP contribution in [0.1, 0.15) is 22.3 Å². The highest BCUT2D eigenvalue weighted by Gasteiger charge is 2.52. The van der Waals surface area contributed by atoms with Gasteiger partial charge in [-0.3, -0.25) is 4.57 Å². The van der Waals surface area contributed by atoms with Crippen LogP contribution in [0.15, 0.2) is 162 Å². The molecule has 0 unspecified atom stereocenters. The van der Waals surface area contributed by atoms with Gasteiger partial charge in [0.05, 0.1) is 22.1 Å². The number of hydrogen-bond acceptors (Lipinski definition) is 2. The second kappa shape index (κ2) is 8.96. The maximum absolute atomic E-state index is 7.18. The van der Waals surface area contributed by atoms with Gasteiger partial charge in [0.25, 0.3) is 0 Å². The molecule has 9 aromatic rings. The van der Waals surface area contributed by atoms with Crippen molar-refractivity contribution >= 4 is 33.0 Å². The third kappa shape index (κ3) is 3.04. The molecule has 218 valence electrons. The molecule has 0 aliphatic heterocycles. The fourth-order valence-electron chi connectivity index (χ4n) is 8.64. The monoisotopic (exact) mass is 598 g/mol. The molecule has 2 aliphatic rings. The summed E-state index contributed by atoms with van der Waals surface area (Å²) in [6.45, 7) is 0. The van der Waals surface area contributed by atoms with Gasteiger partial charge in [-0.1, -0.05) is 140 Å². The number of fused-ring (bicyclic) bond motifs is 15. The first kappa shape index (κ1) is 25.1. The quantitative estimate of drug-likeness (QED) is 0.198. The van der Waals surface area contributed by atoms with Gasteiger partial charge in [0.1, 0.15) is 11.4 Å². The zero-order chi connectivity index (χ0) is 30.7. The molecule has 2 heterocycles. The summed E-state index contributed by atoms with van der Waals surface area (Å²) < 4.78 is 9.44. The van der Waals surface area contributed by atoms with E-state index in [1.807, 2.05) is 12.1 Å². The van der Waals surface area contributed by atoms with Gasteiger partial charge in [0.15, 0.2) is 5.58 Å². The molecule has 0 fully saturated rings. The van der Waals surface area contributed by atoms with Crippen LogP contribution in [0.2, 0.25) is 0 Å². The summed E-state index contributed by atoms with van der Waals surface area (Å²) in [6.07, 6.45) is 0. The summed E-state index contributed by atoms with van der Waals surface area (Å²) in [5.41, 5.74) is 15.7. The van der Waals surface area contributed by atoms with E-state index < -0.39 is 5.41 Å². The van der Waals surface area contributed by atoms with E-state index in [4.69, 9.17) is 9.40 Å². The molecule has 0 saturated carbocycles. The van der Waals surface area contributed by atoms with E-state index in [9.17, 15) is 0 Å². The molecule has 3 nitrogen and oxygen atoms in total. The van der Waals surface area contributed by atoms with Gasteiger partial charge in [0, 0.05) is 21.9 Å². The third-order valence-electron chi connectivity index (χ3n) is 10.4. The Bertz CT molecular complexity index is 2700. The van der Waals surface area contributed by atoms with Crippen LogP contribution in [0, 0.1) is 0 Å². The van der Waals surface area contributed by atoms with Crippen molar-refractivity contribution < 1.29 is 4.42 Å². The minimum absolute atomic E-state index is 0.407. The largest absolute Gasteiger partial charge is 0.453 e. The Labute approximate surface area is 271 Å². The molecule has 0 atom stereocenters. The number of nitrogens with zero attached hydrogens (tertiary/aromatic N) is 2. The molecule has 0 bridgehead atoms. The Morgan fingerprint density at radius 3 is 1.85 bits per heavy atom. The molecule has 0 amide bonds. The summed E-state index contributed by atoms with van der Waals surface area (Å²) in [6, 6.07) is 56.7. The molecule has 0 saturated heterocycles. The minimum Gasteiger partial charge on any atom is -0.453 e. The summed E-state index contributed by atoms with van der Waals surface area (Å²) >= 11 is 0. The van der Waals surface area contributed by atoms with Crippen LogP contribution in [0.3, 0.4) is 0 Å². The smallest absolute Gasteiger partial charge is 0.159 e. The summed E-state index contributed by atoms with van der Waals surface area (Å²) in [7, 11) is 0. The van der Waals surface area contributed by atoms with E-state index in [1.165, 1.54) is 44.5 Å². The number of imidazole rings is 1. The fourth-order valence-corrected chi connectivity index (χ4v) is 8.64. The van der Waals surface area contributed by atoms with Gasteiger partial charge in [-0.05, 0) is 57.1 Å². The Morgan fingerprint density at radius 2 is 1.09 bits per heavy atom. The molecular weight excluding hydrogens is 572 g/mol. The van der Waals surface area contributed by atoms with Crippen LogP contribution in [-0.4, -0.2) is 9.55 Å². The molecule has 2 aromatic heterocycles. The molecule has 11 rings (SSSR count). The number of benzene rings is 7. The SMILES string of the molecule is c1ccc(-c2nc3ccccc3n2-c2cccc3c2oc2c4c(ccc23)C2(c3ccccc3-c3ccccc32)c2ccccc2-4)cc1.